The predicted molar refractivity (Wildman–Crippen MR) is 77.8 cm³/mol. The fourth-order valence-electron chi connectivity index (χ4n) is 3.31. The van der Waals surface area contributed by atoms with Gasteiger partial charge < -0.3 is 15.3 Å². The highest BCUT2D eigenvalue weighted by molar-refractivity contribution is 4.89. The van der Waals surface area contributed by atoms with E-state index in [9.17, 15) is 0 Å². The minimum absolute atomic E-state index is 0.308. The molecular formula is C15H32N2O. The third kappa shape index (κ3) is 4.87. The molecule has 0 amide bonds. The van der Waals surface area contributed by atoms with Gasteiger partial charge in [0.1, 0.15) is 0 Å². The number of rotatable bonds is 7. The Labute approximate surface area is 113 Å². The highest BCUT2D eigenvalue weighted by Gasteiger charge is 2.34. The van der Waals surface area contributed by atoms with Crippen molar-refractivity contribution < 1.29 is 5.11 Å². The minimum Gasteiger partial charge on any atom is -0.396 e. The summed E-state index contributed by atoms with van der Waals surface area (Å²) in [6, 6.07) is 0.668. The number of aliphatic hydroxyl groups is 1. The average Bonchev–Trinajstić information content (AvgIpc) is 2.33. The lowest BCUT2D eigenvalue weighted by atomic mass is 9.69. The van der Waals surface area contributed by atoms with E-state index in [0.717, 1.165) is 25.4 Å². The lowest BCUT2D eigenvalue weighted by Gasteiger charge is -2.42. The summed E-state index contributed by atoms with van der Waals surface area (Å²) in [5, 5.41) is 12.5. The molecule has 2 atom stereocenters. The van der Waals surface area contributed by atoms with Gasteiger partial charge in [-0.25, -0.2) is 0 Å². The van der Waals surface area contributed by atoms with Crippen LogP contribution in [0.25, 0.3) is 0 Å². The Morgan fingerprint density at radius 1 is 1.39 bits per heavy atom. The molecule has 1 saturated carbocycles. The molecule has 0 bridgehead atoms. The summed E-state index contributed by atoms with van der Waals surface area (Å²) < 4.78 is 0. The molecule has 1 aliphatic rings. The highest BCUT2D eigenvalue weighted by atomic mass is 16.3. The van der Waals surface area contributed by atoms with E-state index in [4.69, 9.17) is 5.11 Å². The molecule has 0 aromatic rings. The number of hydrogen-bond donors (Lipinski definition) is 2. The first-order valence-electron chi connectivity index (χ1n) is 7.53. The maximum absolute atomic E-state index is 8.96. The Morgan fingerprint density at radius 2 is 2.11 bits per heavy atom. The first-order chi connectivity index (χ1) is 8.52. The molecule has 2 unspecified atom stereocenters. The van der Waals surface area contributed by atoms with Gasteiger partial charge >= 0.3 is 0 Å². The van der Waals surface area contributed by atoms with Gasteiger partial charge in [-0.1, -0.05) is 20.8 Å². The second-order valence-electron chi connectivity index (χ2n) is 6.53. The maximum atomic E-state index is 8.96. The smallest absolute Gasteiger partial charge is 0.0443 e. The summed E-state index contributed by atoms with van der Waals surface area (Å²) in [5.74, 6) is 0.748. The molecule has 0 aromatic carbocycles. The minimum atomic E-state index is 0.308. The van der Waals surface area contributed by atoms with Crippen LogP contribution >= 0.6 is 0 Å². The van der Waals surface area contributed by atoms with Crippen molar-refractivity contribution in [3.05, 3.63) is 0 Å². The number of hydrogen-bond acceptors (Lipinski definition) is 3. The van der Waals surface area contributed by atoms with Crippen LogP contribution < -0.4 is 5.32 Å². The number of aliphatic hydroxyl groups excluding tert-OH is 1. The SMILES string of the molecule is CCN(CCCO)CC1CC(C)(C)CCC1NC. The van der Waals surface area contributed by atoms with E-state index in [-0.39, 0.29) is 0 Å². The summed E-state index contributed by atoms with van der Waals surface area (Å²) in [7, 11) is 2.10. The average molecular weight is 256 g/mol. The number of nitrogens with one attached hydrogen (secondary N) is 1. The molecule has 108 valence electrons. The molecule has 0 heterocycles. The summed E-state index contributed by atoms with van der Waals surface area (Å²) in [6.45, 7) is 10.6. The van der Waals surface area contributed by atoms with Gasteiger partial charge in [0.05, 0.1) is 0 Å². The van der Waals surface area contributed by atoms with Crippen LogP contribution in [-0.2, 0) is 0 Å². The zero-order chi connectivity index (χ0) is 13.6. The van der Waals surface area contributed by atoms with Crippen LogP contribution in [-0.4, -0.2) is 49.3 Å². The Bertz CT molecular complexity index is 231. The fraction of sp³-hybridized carbons (Fsp3) is 1.00. The van der Waals surface area contributed by atoms with Crippen molar-refractivity contribution in [3.8, 4) is 0 Å². The van der Waals surface area contributed by atoms with Gasteiger partial charge in [-0.15, -0.1) is 0 Å². The van der Waals surface area contributed by atoms with E-state index in [2.05, 4.69) is 38.0 Å². The van der Waals surface area contributed by atoms with E-state index in [0.29, 0.717) is 18.1 Å². The Morgan fingerprint density at radius 3 is 2.67 bits per heavy atom. The van der Waals surface area contributed by atoms with Gasteiger partial charge in [-0.2, -0.15) is 0 Å². The van der Waals surface area contributed by atoms with Crippen LogP contribution in [0, 0.1) is 11.3 Å². The van der Waals surface area contributed by atoms with Crippen LogP contribution in [0.5, 0.6) is 0 Å². The molecule has 3 nitrogen and oxygen atoms in total. The second-order valence-corrected chi connectivity index (χ2v) is 6.53. The Balaban J connectivity index is 2.53. The quantitative estimate of drug-likeness (QED) is 0.732. The molecule has 1 aliphatic carbocycles. The van der Waals surface area contributed by atoms with Crippen LogP contribution in [0.3, 0.4) is 0 Å². The summed E-state index contributed by atoms with van der Waals surface area (Å²) in [6.07, 6.45) is 4.84. The van der Waals surface area contributed by atoms with Gasteiger partial charge in [0.15, 0.2) is 0 Å². The molecule has 0 spiro atoms. The normalized spacial score (nSPS) is 27.7. The van der Waals surface area contributed by atoms with Crippen molar-refractivity contribution in [1.29, 1.82) is 0 Å². The molecular weight excluding hydrogens is 224 g/mol. The highest BCUT2D eigenvalue weighted by Crippen LogP contribution is 2.38. The molecule has 3 heteroatoms. The summed E-state index contributed by atoms with van der Waals surface area (Å²) >= 11 is 0. The van der Waals surface area contributed by atoms with Crippen molar-refractivity contribution >= 4 is 0 Å². The molecule has 1 rings (SSSR count). The molecule has 0 radical (unpaired) electrons. The first kappa shape index (κ1) is 15.9. The molecule has 18 heavy (non-hydrogen) atoms. The van der Waals surface area contributed by atoms with Crippen molar-refractivity contribution in [2.45, 2.75) is 52.5 Å². The fourth-order valence-corrected chi connectivity index (χ4v) is 3.31. The van der Waals surface area contributed by atoms with E-state index < -0.39 is 0 Å². The molecule has 0 aromatic heterocycles. The third-order valence-corrected chi connectivity index (χ3v) is 4.46. The van der Waals surface area contributed by atoms with E-state index in [1.807, 2.05) is 0 Å². The van der Waals surface area contributed by atoms with Gasteiger partial charge in [-0.05, 0) is 50.6 Å². The predicted octanol–water partition coefficient (Wildman–Crippen LogP) is 2.10. The number of nitrogens with zero attached hydrogens (tertiary/aromatic N) is 1. The first-order valence-corrected chi connectivity index (χ1v) is 7.53. The van der Waals surface area contributed by atoms with Crippen molar-refractivity contribution in [2.24, 2.45) is 11.3 Å². The molecule has 2 N–H and O–H groups in total. The summed E-state index contributed by atoms with van der Waals surface area (Å²) in [5.41, 5.74) is 0.494. The topological polar surface area (TPSA) is 35.5 Å². The van der Waals surface area contributed by atoms with E-state index in [1.165, 1.54) is 25.8 Å². The summed E-state index contributed by atoms with van der Waals surface area (Å²) in [4.78, 5) is 2.49. The monoisotopic (exact) mass is 256 g/mol. The zero-order valence-electron chi connectivity index (χ0n) is 12.7. The largest absolute Gasteiger partial charge is 0.396 e. The van der Waals surface area contributed by atoms with Gasteiger partial charge in [0, 0.05) is 25.7 Å². The van der Waals surface area contributed by atoms with E-state index in [1.54, 1.807) is 0 Å². The lowest BCUT2D eigenvalue weighted by molar-refractivity contribution is 0.102. The van der Waals surface area contributed by atoms with E-state index >= 15 is 0 Å². The van der Waals surface area contributed by atoms with Gasteiger partial charge in [0.25, 0.3) is 0 Å². The lowest BCUT2D eigenvalue weighted by Crippen LogP contribution is -2.46. The maximum Gasteiger partial charge on any atom is 0.0443 e. The van der Waals surface area contributed by atoms with Gasteiger partial charge in [-0.3, -0.25) is 0 Å². The zero-order valence-corrected chi connectivity index (χ0v) is 12.7. The second kappa shape index (κ2) is 7.46. The van der Waals surface area contributed by atoms with Gasteiger partial charge in [0.2, 0.25) is 0 Å². The third-order valence-electron chi connectivity index (χ3n) is 4.46. The molecule has 0 aliphatic heterocycles. The van der Waals surface area contributed by atoms with Crippen molar-refractivity contribution in [3.63, 3.8) is 0 Å². The van der Waals surface area contributed by atoms with Crippen LogP contribution in [0.1, 0.15) is 46.5 Å². The van der Waals surface area contributed by atoms with Crippen molar-refractivity contribution in [2.75, 3.05) is 33.3 Å². The van der Waals surface area contributed by atoms with Crippen LogP contribution in [0.2, 0.25) is 0 Å². The molecule has 0 saturated heterocycles. The molecule has 1 fully saturated rings. The van der Waals surface area contributed by atoms with Crippen molar-refractivity contribution in [1.82, 2.24) is 10.2 Å². The standard InChI is InChI=1S/C15H32N2O/c1-5-17(9-6-10-18)12-13-11-15(2,3)8-7-14(13)16-4/h13-14,16,18H,5-12H2,1-4H3. The Hall–Kier alpha value is -0.120. The Kier molecular flexibility index (Phi) is 6.61. The van der Waals surface area contributed by atoms with Crippen LogP contribution in [0.4, 0.5) is 0 Å². The van der Waals surface area contributed by atoms with Crippen LogP contribution in [0.15, 0.2) is 0 Å².